The number of methoxy groups -OCH3 is 3. The molecule has 0 atom stereocenters. The molecule has 1 aromatic heterocycles. The highest BCUT2D eigenvalue weighted by Gasteiger charge is 2.26. The first-order valence-electron chi connectivity index (χ1n) is 10.6. The molecular formula is C26H27N3O3. The first-order chi connectivity index (χ1) is 15.6. The van der Waals surface area contributed by atoms with E-state index in [-0.39, 0.29) is 0 Å². The number of nitrogens with zero attached hydrogens (tertiary/aromatic N) is 1. The van der Waals surface area contributed by atoms with Gasteiger partial charge in [-0.1, -0.05) is 30.8 Å². The van der Waals surface area contributed by atoms with E-state index in [9.17, 15) is 0 Å². The first kappa shape index (κ1) is 20.1. The molecule has 2 N–H and O–H groups in total. The van der Waals surface area contributed by atoms with Gasteiger partial charge in [0.1, 0.15) is 0 Å². The summed E-state index contributed by atoms with van der Waals surface area (Å²) in [5.41, 5.74) is 6.37. The average molecular weight is 430 g/mol. The van der Waals surface area contributed by atoms with Crippen LogP contribution in [-0.4, -0.2) is 39.9 Å². The highest BCUT2D eigenvalue weighted by Crippen LogP contribution is 2.45. The number of nitrogens with one attached hydrogen (secondary N) is 2. The number of hydrogen-bond acceptors (Lipinski definition) is 5. The van der Waals surface area contributed by atoms with Crippen molar-refractivity contribution in [3.05, 3.63) is 60.3 Å². The van der Waals surface area contributed by atoms with E-state index in [0.29, 0.717) is 17.2 Å². The van der Waals surface area contributed by atoms with Crippen molar-refractivity contribution >= 4 is 38.7 Å². The van der Waals surface area contributed by atoms with Crippen LogP contribution in [0.2, 0.25) is 0 Å². The van der Waals surface area contributed by atoms with Crippen molar-refractivity contribution in [2.24, 2.45) is 0 Å². The second-order valence-electron chi connectivity index (χ2n) is 7.86. The van der Waals surface area contributed by atoms with Crippen molar-refractivity contribution in [1.29, 1.82) is 0 Å². The molecule has 6 heteroatoms. The Balaban J connectivity index is 1.62. The fourth-order valence-electron chi connectivity index (χ4n) is 4.80. The zero-order valence-corrected chi connectivity index (χ0v) is 18.8. The Labute approximate surface area is 187 Å². The smallest absolute Gasteiger partial charge is 0.205 e. The lowest BCUT2D eigenvalue weighted by Crippen LogP contribution is -2.18. The molecule has 1 aliphatic rings. The Kier molecular flexibility index (Phi) is 4.85. The summed E-state index contributed by atoms with van der Waals surface area (Å²) < 4.78 is 16.7. The SMILES string of the molecule is C=C(c1cc2cc(OC)c(OC)c(OC)c2[nH]1)N1CCc2c1cc(NC)c1ccccc21. The van der Waals surface area contributed by atoms with Crippen molar-refractivity contribution in [2.75, 3.05) is 45.1 Å². The fourth-order valence-corrected chi connectivity index (χ4v) is 4.80. The van der Waals surface area contributed by atoms with Crippen LogP contribution in [0.1, 0.15) is 11.3 Å². The van der Waals surface area contributed by atoms with Gasteiger partial charge in [-0.2, -0.15) is 0 Å². The number of fused-ring (bicyclic) bond motifs is 4. The molecule has 32 heavy (non-hydrogen) atoms. The third kappa shape index (κ3) is 2.87. The van der Waals surface area contributed by atoms with Gasteiger partial charge < -0.3 is 29.4 Å². The predicted octanol–water partition coefficient (Wildman–Crippen LogP) is 5.42. The molecule has 0 amide bonds. The largest absolute Gasteiger partial charge is 0.493 e. The van der Waals surface area contributed by atoms with Gasteiger partial charge in [-0.3, -0.25) is 0 Å². The van der Waals surface area contributed by atoms with Crippen molar-refractivity contribution in [2.45, 2.75) is 6.42 Å². The monoisotopic (exact) mass is 429 g/mol. The molecule has 6 nitrogen and oxygen atoms in total. The van der Waals surface area contributed by atoms with Crippen LogP contribution in [0.5, 0.6) is 17.2 Å². The third-order valence-corrected chi connectivity index (χ3v) is 6.33. The molecule has 164 valence electrons. The number of benzene rings is 3. The third-order valence-electron chi connectivity index (χ3n) is 6.33. The second-order valence-corrected chi connectivity index (χ2v) is 7.86. The lowest BCUT2D eigenvalue weighted by Gasteiger charge is -2.22. The molecule has 5 rings (SSSR count). The van der Waals surface area contributed by atoms with E-state index in [0.717, 1.165) is 40.9 Å². The standard InChI is InChI=1S/C26H27N3O3/c1-15(20-12-16-13-23(30-3)25(31-4)26(32-5)24(16)28-20)29-11-10-19-17-8-6-7-9-18(17)21(27-2)14-22(19)29/h6-9,12-14,27-28H,1,10-11H2,2-5H3. The van der Waals surface area contributed by atoms with Crippen LogP contribution in [0, 0.1) is 0 Å². The van der Waals surface area contributed by atoms with Gasteiger partial charge in [0, 0.05) is 35.7 Å². The molecule has 3 aromatic carbocycles. The molecule has 0 aliphatic carbocycles. The minimum absolute atomic E-state index is 0.568. The van der Waals surface area contributed by atoms with E-state index in [4.69, 9.17) is 14.2 Å². The van der Waals surface area contributed by atoms with Gasteiger partial charge in [0.25, 0.3) is 0 Å². The van der Waals surface area contributed by atoms with Gasteiger partial charge in [-0.15, -0.1) is 0 Å². The van der Waals surface area contributed by atoms with E-state index < -0.39 is 0 Å². The number of rotatable bonds is 6. The number of H-pyrrole nitrogens is 1. The zero-order chi connectivity index (χ0) is 22.4. The highest BCUT2D eigenvalue weighted by molar-refractivity contribution is 6.03. The number of aromatic nitrogens is 1. The van der Waals surface area contributed by atoms with Gasteiger partial charge in [-0.25, -0.2) is 0 Å². The summed E-state index contributed by atoms with van der Waals surface area (Å²) in [6.45, 7) is 5.33. The number of ether oxygens (including phenoxy) is 3. The summed E-state index contributed by atoms with van der Waals surface area (Å²) in [6, 6.07) is 14.8. The van der Waals surface area contributed by atoms with Crippen LogP contribution >= 0.6 is 0 Å². The van der Waals surface area contributed by atoms with E-state index in [1.54, 1.807) is 21.3 Å². The number of anilines is 2. The van der Waals surface area contributed by atoms with Gasteiger partial charge in [0.05, 0.1) is 38.2 Å². The minimum Gasteiger partial charge on any atom is -0.493 e. The van der Waals surface area contributed by atoms with Crippen molar-refractivity contribution in [3.8, 4) is 17.2 Å². The minimum atomic E-state index is 0.568. The Morgan fingerprint density at radius 1 is 1.00 bits per heavy atom. The summed E-state index contributed by atoms with van der Waals surface area (Å²) >= 11 is 0. The van der Waals surface area contributed by atoms with Gasteiger partial charge in [0.2, 0.25) is 5.75 Å². The Hall–Kier alpha value is -3.80. The molecule has 0 saturated carbocycles. The molecule has 0 radical (unpaired) electrons. The zero-order valence-electron chi connectivity index (χ0n) is 18.8. The van der Waals surface area contributed by atoms with E-state index in [1.165, 1.54) is 22.0 Å². The molecule has 0 spiro atoms. The van der Waals surface area contributed by atoms with E-state index in [2.05, 4.69) is 58.2 Å². The van der Waals surface area contributed by atoms with Crippen LogP contribution in [0.25, 0.3) is 27.4 Å². The molecular weight excluding hydrogens is 402 g/mol. The molecule has 0 unspecified atom stereocenters. The second kappa shape index (κ2) is 7.71. The van der Waals surface area contributed by atoms with Gasteiger partial charge in [0.15, 0.2) is 11.5 Å². The number of hydrogen-bond donors (Lipinski definition) is 2. The quantitative estimate of drug-likeness (QED) is 0.428. The summed E-state index contributed by atoms with van der Waals surface area (Å²) in [5, 5.41) is 6.86. The van der Waals surface area contributed by atoms with Crippen molar-refractivity contribution in [1.82, 2.24) is 4.98 Å². The van der Waals surface area contributed by atoms with Crippen LogP contribution in [-0.2, 0) is 6.42 Å². The summed E-state index contributed by atoms with van der Waals surface area (Å²) in [6.07, 6.45) is 0.976. The van der Waals surface area contributed by atoms with E-state index >= 15 is 0 Å². The molecule has 1 aliphatic heterocycles. The lowest BCUT2D eigenvalue weighted by atomic mass is 10.0. The van der Waals surface area contributed by atoms with Gasteiger partial charge >= 0.3 is 0 Å². The van der Waals surface area contributed by atoms with Gasteiger partial charge in [-0.05, 0) is 35.6 Å². The highest BCUT2D eigenvalue weighted by atomic mass is 16.5. The average Bonchev–Trinajstić information content (AvgIpc) is 3.46. The first-order valence-corrected chi connectivity index (χ1v) is 10.6. The van der Waals surface area contributed by atoms with Crippen molar-refractivity contribution < 1.29 is 14.2 Å². The van der Waals surface area contributed by atoms with E-state index in [1.807, 2.05) is 13.1 Å². The lowest BCUT2D eigenvalue weighted by molar-refractivity contribution is 0.327. The Morgan fingerprint density at radius 2 is 1.75 bits per heavy atom. The van der Waals surface area contributed by atoms with Crippen LogP contribution in [0.3, 0.4) is 0 Å². The maximum Gasteiger partial charge on any atom is 0.205 e. The maximum atomic E-state index is 5.66. The molecule has 2 heterocycles. The molecule has 0 fully saturated rings. The molecule has 4 aromatic rings. The summed E-state index contributed by atoms with van der Waals surface area (Å²) in [7, 11) is 6.83. The summed E-state index contributed by atoms with van der Waals surface area (Å²) in [4.78, 5) is 5.78. The Bertz CT molecular complexity index is 1360. The predicted molar refractivity (Wildman–Crippen MR) is 132 cm³/mol. The summed E-state index contributed by atoms with van der Waals surface area (Å²) in [5.74, 6) is 1.81. The topological polar surface area (TPSA) is 58.8 Å². The maximum absolute atomic E-state index is 5.66. The molecule has 0 bridgehead atoms. The Morgan fingerprint density at radius 3 is 2.44 bits per heavy atom. The van der Waals surface area contributed by atoms with Crippen molar-refractivity contribution in [3.63, 3.8) is 0 Å². The fraction of sp³-hybridized carbons (Fsp3) is 0.231. The van der Waals surface area contributed by atoms with Crippen LogP contribution in [0.15, 0.2) is 49.0 Å². The van der Waals surface area contributed by atoms with Crippen LogP contribution < -0.4 is 24.4 Å². The molecule has 0 saturated heterocycles. The normalized spacial score (nSPS) is 12.8. The van der Waals surface area contributed by atoms with Crippen LogP contribution in [0.4, 0.5) is 11.4 Å². The number of aromatic amines is 1.